The second-order valence-electron chi connectivity index (χ2n) is 9.08. The van der Waals surface area contributed by atoms with E-state index in [9.17, 15) is 9.90 Å². The molecule has 4 aromatic rings. The number of aromatic nitrogens is 5. The van der Waals surface area contributed by atoms with Crippen LogP contribution in [0.5, 0.6) is 5.75 Å². The van der Waals surface area contributed by atoms with Gasteiger partial charge in [-0.25, -0.2) is 9.97 Å². The van der Waals surface area contributed by atoms with E-state index in [4.69, 9.17) is 0 Å². The lowest BCUT2D eigenvalue weighted by molar-refractivity contribution is 0.194. The molecule has 0 amide bonds. The van der Waals surface area contributed by atoms with Gasteiger partial charge in [-0.15, -0.1) is 0 Å². The molecule has 0 bridgehead atoms. The largest absolute Gasteiger partial charge is 0.507 e. The second kappa shape index (κ2) is 7.70. The number of phenolic OH excluding ortho intramolecular Hbond substituents is 1. The molecule has 3 heterocycles. The van der Waals surface area contributed by atoms with Gasteiger partial charge in [-0.3, -0.25) is 9.48 Å². The molecule has 3 aromatic heterocycles. The SMILES string of the molecule is Cc1c(O)c(-c2ncc3c(=O)n([C@H]4CC[C@H](N(C)C)CC4)ccc3n2)cc2cn(C)nc12. The Hall–Kier alpha value is -3.26. The van der Waals surface area contributed by atoms with E-state index < -0.39 is 0 Å². The fourth-order valence-electron chi connectivity index (χ4n) is 4.93. The van der Waals surface area contributed by atoms with Crippen LogP contribution >= 0.6 is 0 Å². The van der Waals surface area contributed by atoms with E-state index in [0.717, 1.165) is 36.6 Å². The molecule has 0 spiro atoms. The van der Waals surface area contributed by atoms with Crippen molar-refractivity contribution in [1.29, 1.82) is 0 Å². The smallest absolute Gasteiger partial charge is 0.261 e. The first kappa shape index (κ1) is 20.6. The standard InChI is InChI=1S/C24H28N6O2/c1-14-21-15(13-29(4)27-21)11-18(22(14)31)23-25-12-19-20(26-23)9-10-30(24(19)32)17-7-5-16(6-8-17)28(2)3/h9-13,16-17,31H,5-8H2,1-4H3/t16-,17-. The zero-order valence-corrected chi connectivity index (χ0v) is 18.9. The normalized spacial score (nSPS) is 19.3. The minimum atomic E-state index is -0.0505. The van der Waals surface area contributed by atoms with E-state index in [2.05, 4.69) is 34.1 Å². The number of fused-ring (bicyclic) bond motifs is 2. The van der Waals surface area contributed by atoms with E-state index in [0.29, 0.717) is 33.9 Å². The number of hydrogen-bond acceptors (Lipinski definition) is 6. The molecule has 0 radical (unpaired) electrons. The molecule has 8 heteroatoms. The molecule has 1 aromatic carbocycles. The van der Waals surface area contributed by atoms with Gasteiger partial charge < -0.3 is 14.6 Å². The Morgan fingerprint density at radius 3 is 2.66 bits per heavy atom. The van der Waals surface area contributed by atoms with Crippen LogP contribution in [0.25, 0.3) is 33.2 Å². The van der Waals surface area contributed by atoms with Crippen LogP contribution in [0.3, 0.4) is 0 Å². The van der Waals surface area contributed by atoms with Gasteiger partial charge in [0.25, 0.3) is 5.56 Å². The average Bonchev–Trinajstić information content (AvgIpc) is 3.17. The lowest BCUT2D eigenvalue weighted by Crippen LogP contribution is -2.35. The van der Waals surface area contributed by atoms with Crippen LogP contribution in [0.15, 0.2) is 35.5 Å². The van der Waals surface area contributed by atoms with Crippen LogP contribution in [0.4, 0.5) is 0 Å². The Labute approximate surface area is 186 Å². The lowest BCUT2D eigenvalue weighted by Gasteiger charge is -2.33. The lowest BCUT2D eigenvalue weighted by atomic mass is 9.90. The molecule has 1 aliphatic rings. The van der Waals surface area contributed by atoms with Crippen molar-refractivity contribution >= 4 is 21.8 Å². The fourth-order valence-corrected chi connectivity index (χ4v) is 4.93. The maximum absolute atomic E-state index is 13.2. The predicted octanol–water partition coefficient (Wildman–Crippen LogP) is 3.40. The quantitative estimate of drug-likeness (QED) is 0.534. The maximum Gasteiger partial charge on any atom is 0.261 e. The van der Waals surface area contributed by atoms with Crippen molar-refractivity contribution in [2.24, 2.45) is 7.05 Å². The number of pyridine rings is 1. The highest BCUT2D eigenvalue weighted by molar-refractivity contribution is 5.90. The Morgan fingerprint density at radius 2 is 1.94 bits per heavy atom. The number of aryl methyl sites for hydroxylation is 2. The first-order chi connectivity index (χ1) is 15.3. The van der Waals surface area contributed by atoms with E-state index >= 15 is 0 Å². The summed E-state index contributed by atoms with van der Waals surface area (Å²) in [6, 6.07) is 4.52. The van der Waals surface area contributed by atoms with E-state index in [1.807, 2.05) is 43.1 Å². The number of nitrogens with zero attached hydrogens (tertiary/aromatic N) is 6. The summed E-state index contributed by atoms with van der Waals surface area (Å²) in [4.78, 5) is 24.6. The second-order valence-corrected chi connectivity index (χ2v) is 9.08. The van der Waals surface area contributed by atoms with Gasteiger partial charge in [-0.1, -0.05) is 0 Å². The van der Waals surface area contributed by atoms with E-state index in [1.54, 1.807) is 10.9 Å². The molecule has 0 unspecified atom stereocenters. The van der Waals surface area contributed by atoms with Crippen LogP contribution in [-0.2, 0) is 7.05 Å². The third kappa shape index (κ3) is 3.35. The summed E-state index contributed by atoms with van der Waals surface area (Å²) in [6.07, 6.45) is 9.51. The van der Waals surface area contributed by atoms with Gasteiger partial charge in [0.1, 0.15) is 5.75 Å². The average molecular weight is 433 g/mol. The summed E-state index contributed by atoms with van der Waals surface area (Å²) in [5.41, 5.74) is 2.51. The summed E-state index contributed by atoms with van der Waals surface area (Å²) < 4.78 is 3.57. The number of hydrogen-bond donors (Lipinski definition) is 1. The molecular weight excluding hydrogens is 404 g/mol. The van der Waals surface area contributed by atoms with E-state index in [1.165, 1.54) is 0 Å². The van der Waals surface area contributed by atoms with Crippen LogP contribution in [0, 0.1) is 6.92 Å². The number of phenols is 1. The molecule has 8 nitrogen and oxygen atoms in total. The van der Waals surface area contributed by atoms with Crippen molar-refractivity contribution < 1.29 is 5.11 Å². The van der Waals surface area contributed by atoms with Gasteiger partial charge in [0, 0.05) is 48.7 Å². The fraction of sp³-hybridized carbons (Fsp3) is 0.417. The first-order valence-corrected chi connectivity index (χ1v) is 11.0. The Bertz CT molecular complexity index is 1380. The number of rotatable bonds is 3. The van der Waals surface area contributed by atoms with Crippen molar-refractivity contribution in [3.63, 3.8) is 0 Å². The van der Waals surface area contributed by atoms with E-state index in [-0.39, 0.29) is 17.4 Å². The van der Waals surface area contributed by atoms with Crippen LogP contribution in [-0.4, -0.2) is 54.5 Å². The Kier molecular flexibility index (Phi) is 4.97. The van der Waals surface area contributed by atoms with Crippen molar-refractivity contribution in [2.45, 2.75) is 44.7 Å². The van der Waals surface area contributed by atoms with Crippen molar-refractivity contribution in [3.05, 3.63) is 46.6 Å². The van der Waals surface area contributed by atoms with Gasteiger partial charge in [0.05, 0.1) is 22.0 Å². The monoisotopic (exact) mass is 432 g/mol. The van der Waals surface area contributed by atoms with Crippen molar-refractivity contribution in [1.82, 2.24) is 29.2 Å². The van der Waals surface area contributed by atoms with Crippen LogP contribution in [0.1, 0.15) is 37.3 Å². The minimum absolute atomic E-state index is 0.0505. The predicted molar refractivity (Wildman–Crippen MR) is 125 cm³/mol. The number of aromatic hydroxyl groups is 1. The number of benzene rings is 1. The molecule has 0 aliphatic heterocycles. The molecule has 32 heavy (non-hydrogen) atoms. The highest BCUT2D eigenvalue weighted by Gasteiger charge is 2.25. The van der Waals surface area contributed by atoms with Gasteiger partial charge in [-0.2, -0.15) is 5.10 Å². The molecule has 1 saturated carbocycles. The third-order valence-electron chi connectivity index (χ3n) is 6.83. The summed E-state index contributed by atoms with van der Waals surface area (Å²) in [7, 11) is 6.08. The minimum Gasteiger partial charge on any atom is -0.507 e. The van der Waals surface area contributed by atoms with Gasteiger partial charge in [0.2, 0.25) is 0 Å². The molecule has 166 valence electrons. The maximum atomic E-state index is 13.2. The van der Waals surface area contributed by atoms with Crippen LogP contribution < -0.4 is 5.56 Å². The molecular formula is C24H28N6O2. The molecule has 5 rings (SSSR count). The van der Waals surface area contributed by atoms with Gasteiger partial charge in [0.15, 0.2) is 5.82 Å². The Balaban J connectivity index is 1.52. The highest BCUT2D eigenvalue weighted by atomic mass is 16.3. The zero-order chi connectivity index (χ0) is 22.6. The summed E-state index contributed by atoms with van der Waals surface area (Å²) in [5.74, 6) is 0.508. The molecule has 1 aliphatic carbocycles. The van der Waals surface area contributed by atoms with Crippen LogP contribution in [0.2, 0.25) is 0 Å². The first-order valence-electron chi connectivity index (χ1n) is 11.0. The highest BCUT2D eigenvalue weighted by Crippen LogP contribution is 2.35. The van der Waals surface area contributed by atoms with Gasteiger partial charge in [-0.05, 0) is 58.8 Å². The van der Waals surface area contributed by atoms with Gasteiger partial charge >= 0.3 is 0 Å². The van der Waals surface area contributed by atoms with Crippen molar-refractivity contribution in [3.8, 4) is 17.1 Å². The summed E-state index contributed by atoms with van der Waals surface area (Å²) >= 11 is 0. The van der Waals surface area contributed by atoms with Crippen molar-refractivity contribution in [2.75, 3.05) is 14.1 Å². The molecule has 1 N–H and O–H groups in total. The summed E-state index contributed by atoms with van der Waals surface area (Å²) in [6.45, 7) is 1.83. The third-order valence-corrected chi connectivity index (χ3v) is 6.83. The molecule has 1 fully saturated rings. The Morgan fingerprint density at radius 1 is 1.19 bits per heavy atom. The molecule has 0 atom stereocenters. The zero-order valence-electron chi connectivity index (χ0n) is 18.9. The topological polar surface area (TPSA) is 89.1 Å². The summed E-state index contributed by atoms with van der Waals surface area (Å²) in [5, 5.41) is 16.6. The molecule has 0 saturated heterocycles.